The van der Waals surface area contributed by atoms with E-state index in [1.165, 1.54) is 17.3 Å². The Morgan fingerprint density at radius 3 is 2.65 bits per heavy atom. The average molecular weight is 257 g/mol. The minimum absolute atomic E-state index is 0.119. The molecule has 2 amide bonds. The van der Waals surface area contributed by atoms with Crippen LogP contribution in [0.25, 0.3) is 0 Å². The van der Waals surface area contributed by atoms with Crippen LogP contribution in [0.3, 0.4) is 0 Å². The summed E-state index contributed by atoms with van der Waals surface area (Å²) in [5, 5.41) is 2.72. The highest BCUT2D eigenvalue weighted by atomic mass is 35.5. The second-order valence-corrected chi connectivity index (χ2v) is 3.76. The van der Waals surface area contributed by atoms with Gasteiger partial charge < -0.3 is 10.2 Å². The zero-order valence-corrected chi connectivity index (χ0v) is 10.4. The van der Waals surface area contributed by atoms with E-state index < -0.39 is 0 Å². The Kier molecular flexibility index (Phi) is 4.84. The van der Waals surface area contributed by atoms with Crippen molar-refractivity contribution in [3.8, 4) is 0 Å². The number of halogens is 1. The van der Waals surface area contributed by atoms with Crippen molar-refractivity contribution in [2.45, 2.75) is 6.42 Å². The van der Waals surface area contributed by atoms with Gasteiger partial charge in [0.05, 0.1) is 12.4 Å². The van der Waals surface area contributed by atoms with E-state index in [2.05, 4.69) is 15.3 Å². The normalized spacial score (nSPS) is 9.82. The second kappa shape index (κ2) is 6.15. The quantitative estimate of drug-likeness (QED) is 0.843. The molecule has 1 N–H and O–H groups in total. The maximum absolute atomic E-state index is 11.8. The first-order valence-corrected chi connectivity index (χ1v) is 5.36. The minimum Gasteiger partial charge on any atom is -0.359 e. The molecule has 0 saturated carbocycles. The SMILES string of the molecule is CNC(=O)CCN(C)C(=O)c1cnc(Cl)cn1. The van der Waals surface area contributed by atoms with Crippen molar-refractivity contribution < 1.29 is 9.59 Å². The Balaban J connectivity index is 2.57. The summed E-state index contributed by atoms with van der Waals surface area (Å²) in [4.78, 5) is 31.9. The third-order valence-corrected chi connectivity index (χ3v) is 2.33. The van der Waals surface area contributed by atoms with Gasteiger partial charge in [0, 0.05) is 27.1 Å². The number of nitrogens with one attached hydrogen (secondary N) is 1. The van der Waals surface area contributed by atoms with Crippen molar-refractivity contribution in [1.29, 1.82) is 0 Å². The molecule has 1 aromatic heterocycles. The molecule has 17 heavy (non-hydrogen) atoms. The molecule has 6 nitrogen and oxygen atoms in total. The zero-order valence-electron chi connectivity index (χ0n) is 9.61. The largest absolute Gasteiger partial charge is 0.359 e. The van der Waals surface area contributed by atoms with Gasteiger partial charge in [0.25, 0.3) is 5.91 Å². The highest BCUT2D eigenvalue weighted by Crippen LogP contribution is 2.04. The van der Waals surface area contributed by atoms with E-state index >= 15 is 0 Å². The van der Waals surface area contributed by atoms with Crippen molar-refractivity contribution in [1.82, 2.24) is 20.2 Å². The molecule has 0 bridgehead atoms. The molecule has 7 heteroatoms. The van der Waals surface area contributed by atoms with Crippen LogP contribution < -0.4 is 5.32 Å². The number of carbonyl (C=O) groups excluding carboxylic acids is 2. The van der Waals surface area contributed by atoms with Crippen LogP contribution in [-0.4, -0.2) is 47.3 Å². The molecule has 0 saturated heterocycles. The predicted octanol–water partition coefficient (Wildman–Crippen LogP) is 0.338. The van der Waals surface area contributed by atoms with E-state index in [0.717, 1.165) is 0 Å². The number of hydrogen-bond donors (Lipinski definition) is 1. The van der Waals surface area contributed by atoms with Crippen LogP contribution in [-0.2, 0) is 4.79 Å². The topological polar surface area (TPSA) is 75.2 Å². The van der Waals surface area contributed by atoms with Gasteiger partial charge in [-0.2, -0.15) is 0 Å². The number of hydrogen-bond acceptors (Lipinski definition) is 4. The fourth-order valence-electron chi connectivity index (χ4n) is 1.11. The van der Waals surface area contributed by atoms with Gasteiger partial charge in [0.15, 0.2) is 0 Å². The third-order valence-electron chi connectivity index (χ3n) is 2.14. The molecule has 0 atom stereocenters. The van der Waals surface area contributed by atoms with Crippen LogP contribution in [0.5, 0.6) is 0 Å². The summed E-state index contributed by atoms with van der Waals surface area (Å²) >= 11 is 5.57. The first-order chi connectivity index (χ1) is 8.04. The minimum atomic E-state index is -0.293. The summed E-state index contributed by atoms with van der Waals surface area (Å²) in [7, 11) is 3.15. The van der Waals surface area contributed by atoms with Gasteiger partial charge in [-0.15, -0.1) is 0 Å². The molecule has 0 unspecified atom stereocenters. The van der Waals surface area contributed by atoms with Crippen LogP contribution >= 0.6 is 11.6 Å². The Morgan fingerprint density at radius 2 is 2.12 bits per heavy atom. The van der Waals surface area contributed by atoms with Crippen LogP contribution in [0.4, 0.5) is 0 Å². The van der Waals surface area contributed by atoms with E-state index in [1.807, 2.05) is 0 Å². The van der Waals surface area contributed by atoms with Crippen molar-refractivity contribution in [3.63, 3.8) is 0 Å². The molecular formula is C10H13ClN4O2. The molecule has 1 heterocycles. The van der Waals surface area contributed by atoms with Crippen LogP contribution in [0.15, 0.2) is 12.4 Å². The molecule has 92 valence electrons. The number of nitrogens with zero attached hydrogens (tertiary/aromatic N) is 3. The number of aromatic nitrogens is 2. The molecule has 0 aromatic carbocycles. The van der Waals surface area contributed by atoms with Crippen LogP contribution in [0, 0.1) is 0 Å². The van der Waals surface area contributed by atoms with Crippen LogP contribution in [0.1, 0.15) is 16.9 Å². The molecule has 0 fully saturated rings. The van der Waals surface area contributed by atoms with Gasteiger partial charge >= 0.3 is 0 Å². The lowest BCUT2D eigenvalue weighted by molar-refractivity contribution is -0.120. The van der Waals surface area contributed by atoms with Gasteiger partial charge in [0.2, 0.25) is 5.91 Å². The Labute approximate surface area is 104 Å². The number of carbonyl (C=O) groups is 2. The molecule has 1 rings (SSSR count). The monoisotopic (exact) mass is 256 g/mol. The van der Waals surface area contributed by atoms with Crippen molar-refractivity contribution in [2.24, 2.45) is 0 Å². The summed E-state index contributed by atoms with van der Waals surface area (Å²) in [6.45, 7) is 0.322. The lowest BCUT2D eigenvalue weighted by atomic mass is 10.3. The lowest BCUT2D eigenvalue weighted by Crippen LogP contribution is -2.31. The highest BCUT2D eigenvalue weighted by Gasteiger charge is 2.14. The smallest absolute Gasteiger partial charge is 0.273 e. The van der Waals surface area contributed by atoms with Crippen molar-refractivity contribution in [3.05, 3.63) is 23.2 Å². The first kappa shape index (κ1) is 13.4. The maximum atomic E-state index is 11.8. The number of rotatable bonds is 4. The van der Waals surface area contributed by atoms with E-state index in [9.17, 15) is 9.59 Å². The summed E-state index contributed by atoms with van der Waals surface area (Å²) < 4.78 is 0. The number of amides is 2. The molecule has 0 spiro atoms. The van der Waals surface area contributed by atoms with E-state index in [4.69, 9.17) is 11.6 Å². The average Bonchev–Trinajstić information content (AvgIpc) is 2.35. The van der Waals surface area contributed by atoms with Gasteiger partial charge in [-0.25, -0.2) is 9.97 Å². The highest BCUT2D eigenvalue weighted by molar-refractivity contribution is 6.29. The summed E-state index contributed by atoms with van der Waals surface area (Å²) in [6, 6.07) is 0. The molecule has 0 radical (unpaired) electrons. The Morgan fingerprint density at radius 1 is 1.41 bits per heavy atom. The maximum Gasteiger partial charge on any atom is 0.273 e. The van der Waals surface area contributed by atoms with Gasteiger partial charge in [-0.1, -0.05) is 11.6 Å². The standard InChI is InChI=1S/C10H13ClN4O2/c1-12-9(16)3-4-15(2)10(17)7-5-14-8(11)6-13-7/h5-6H,3-4H2,1-2H3,(H,12,16). The predicted molar refractivity (Wildman–Crippen MR) is 62.7 cm³/mol. The molecule has 0 aliphatic carbocycles. The van der Waals surface area contributed by atoms with Crippen molar-refractivity contribution in [2.75, 3.05) is 20.6 Å². The van der Waals surface area contributed by atoms with Gasteiger partial charge in [0.1, 0.15) is 10.8 Å². The lowest BCUT2D eigenvalue weighted by Gasteiger charge is -2.15. The second-order valence-electron chi connectivity index (χ2n) is 3.37. The molecule has 1 aromatic rings. The van der Waals surface area contributed by atoms with Crippen molar-refractivity contribution >= 4 is 23.4 Å². The summed E-state index contributed by atoms with van der Waals surface area (Å²) in [6.07, 6.45) is 2.86. The van der Waals surface area contributed by atoms with E-state index in [-0.39, 0.29) is 29.1 Å². The summed E-state index contributed by atoms with van der Waals surface area (Å²) in [5.41, 5.74) is 0.203. The van der Waals surface area contributed by atoms with Crippen LogP contribution in [0.2, 0.25) is 5.15 Å². The molecular weight excluding hydrogens is 244 g/mol. The van der Waals surface area contributed by atoms with Gasteiger partial charge in [-0.05, 0) is 0 Å². The fraction of sp³-hybridized carbons (Fsp3) is 0.400. The fourth-order valence-corrected chi connectivity index (χ4v) is 1.21. The van der Waals surface area contributed by atoms with Gasteiger partial charge in [-0.3, -0.25) is 9.59 Å². The Bertz CT molecular complexity index is 407. The van der Waals surface area contributed by atoms with E-state index in [1.54, 1.807) is 14.1 Å². The summed E-state index contributed by atoms with van der Waals surface area (Å²) in [5.74, 6) is -0.412. The zero-order chi connectivity index (χ0) is 12.8. The molecule has 0 aliphatic rings. The van der Waals surface area contributed by atoms with E-state index in [0.29, 0.717) is 6.54 Å². The third kappa shape index (κ3) is 3.99. The molecule has 0 aliphatic heterocycles. The Hall–Kier alpha value is -1.69. The first-order valence-electron chi connectivity index (χ1n) is 4.98.